The maximum absolute atomic E-state index is 13.2. The minimum atomic E-state index is -3.46. The van der Waals surface area contributed by atoms with Gasteiger partial charge in [-0.15, -0.1) is 0 Å². The molecule has 1 N–H and O–H groups in total. The second kappa shape index (κ2) is 14.3. The van der Waals surface area contributed by atoms with Crippen LogP contribution in [0.5, 0.6) is 5.75 Å². The quantitative estimate of drug-likeness (QED) is 0.149. The molecule has 236 valence electrons. The van der Waals surface area contributed by atoms with E-state index in [1.165, 1.54) is 16.9 Å². The number of nitrogens with one attached hydrogen (secondary N) is 1. The Labute approximate surface area is 263 Å². The van der Waals surface area contributed by atoms with E-state index < -0.39 is 28.0 Å². The van der Waals surface area contributed by atoms with Crippen molar-refractivity contribution in [3.8, 4) is 16.9 Å². The molecule has 3 aromatic carbocycles. The number of hydrogen-bond acceptors (Lipinski definition) is 6. The van der Waals surface area contributed by atoms with Gasteiger partial charge in [0.25, 0.3) is 0 Å². The lowest BCUT2D eigenvalue weighted by atomic mass is 9.98. The molecule has 0 bridgehead atoms. The Morgan fingerprint density at radius 1 is 0.909 bits per heavy atom. The molecule has 0 radical (unpaired) electrons. The normalized spacial score (nSPS) is 14.2. The summed E-state index contributed by atoms with van der Waals surface area (Å²) in [7, 11) is -5.44. The Bertz CT molecular complexity index is 1440. The number of ether oxygens (including phenoxy) is 1. The predicted molar refractivity (Wildman–Crippen MR) is 180 cm³/mol. The zero-order chi connectivity index (χ0) is 32.0. The summed E-state index contributed by atoms with van der Waals surface area (Å²) in [6.45, 7) is 15.3. The molecule has 0 saturated carbocycles. The van der Waals surface area contributed by atoms with Gasteiger partial charge >= 0.3 is 13.7 Å². The monoisotopic (exact) mass is 635 g/mol. The highest BCUT2D eigenvalue weighted by Gasteiger charge is 2.39. The maximum Gasteiger partial charge on any atom is 0.407 e. The van der Waals surface area contributed by atoms with E-state index in [-0.39, 0.29) is 30.8 Å². The van der Waals surface area contributed by atoms with Crippen molar-refractivity contribution in [3.05, 3.63) is 101 Å². The molecule has 1 aliphatic carbocycles. The first-order valence-corrected chi connectivity index (χ1v) is 19.9. The second-order valence-corrected chi connectivity index (χ2v) is 19.1. The van der Waals surface area contributed by atoms with Gasteiger partial charge in [0.1, 0.15) is 12.4 Å². The number of carbonyl (C=O) groups excluding carboxylic acids is 1. The van der Waals surface area contributed by atoms with Crippen LogP contribution in [-0.4, -0.2) is 40.3 Å². The van der Waals surface area contributed by atoms with E-state index >= 15 is 0 Å². The molecule has 9 heteroatoms. The number of carbonyl (C=O) groups is 1. The molecule has 7 nitrogen and oxygen atoms in total. The van der Waals surface area contributed by atoms with Gasteiger partial charge in [0.15, 0.2) is 0 Å². The minimum Gasteiger partial charge on any atom is -0.544 e. The van der Waals surface area contributed by atoms with Crippen LogP contribution >= 0.6 is 7.60 Å². The molecule has 3 aromatic rings. The number of fused-ring (bicyclic) bond motifs is 3. The van der Waals surface area contributed by atoms with Crippen molar-refractivity contribution in [1.29, 1.82) is 0 Å². The summed E-state index contributed by atoms with van der Waals surface area (Å²) in [4.78, 5) is 13.2. The maximum atomic E-state index is 13.2. The Kier molecular flexibility index (Phi) is 11.0. The molecule has 0 aromatic heterocycles. The molecule has 1 amide bonds. The van der Waals surface area contributed by atoms with E-state index in [0.29, 0.717) is 6.42 Å². The SMILES string of the molecule is CCOP(=O)(/C=C/[C@@H](Cc1ccc(O[Si](C)(C)C(C)(C)C)cc1)NC(=O)OCC1c2ccccc2-c2ccccc21)OCC. The molecular formula is C35H46NO6PSi. The van der Waals surface area contributed by atoms with Gasteiger partial charge in [0.05, 0.1) is 19.3 Å². The van der Waals surface area contributed by atoms with Crippen LogP contribution in [0.1, 0.15) is 57.2 Å². The topological polar surface area (TPSA) is 83.1 Å². The highest BCUT2D eigenvalue weighted by molar-refractivity contribution is 7.57. The van der Waals surface area contributed by atoms with Crippen molar-refractivity contribution in [2.75, 3.05) is 19.8 Å². The summed E-state index contributed by atoms with van der Waals surface area (Å²) in [5, 5.41) is 3.05. The van der Waals surface area contributed by atoms with Crippen molar-refractivity contribution < 1.29 is 27.6 Å². The zero-order valence-electron chi connectivity index (χ0n) is 27.0. The summed E-state index contributed by atoms with van der Waals surface area (Å²) < 4.78 is 36.3. The van der Waals surface area contributed by atoms with Gasteiger partial charge in [-0.3, -0.25) is 4.57 Å². The van der Waals surface area contributed by atoms with E-state index in [1.807, 2.05) is 48.5 Å². The van der Waals surface area contributed by atoms with Gasteiger partial charge in [-0.2, -0.15) is 0 Å². The van der Waals surface area contributed by atoms with Gasteiger partial charge in [-0.05, 0) is 78.4 Å². The summed E-state index contributed by atoms with van der Waals surface area (Å²) >= 11 is 0. The van der Waals surface area contributed by atoms with E-state index in [0.717, 1.165) is 22.4 Å². The van der Waals surface area contributed by atoms with E-state index in [4.69, 9.17) is 18.2 Å². The molecule has 4 rings (SSSR count). The summed E-state index contributed by atoms with van der Waals surface area (Å²) in [6.07, 6.45) is 1.56. The van der Waals surface area contributed by atoms with Crippen molar-refractivity contribution >= 4 is 22.0 Å². The van der Waals surface area contributed by atoms with Crippen LogP contribution in [0, 0.1) is 0 Å². The first kappa shape index (κ1) is 33.7. The lowest BCUT2D eigenvalue weighted by Crippen LogP contribution is -2.43. The second-order valence-electron chi connectivity index (χ2n) is 12.5. The highest BCUT2D eigenvalue weighted by Crippen LogP contribution is 2.49. The summed E-state index contributed by atoms with van der Waals surface area (Å²) in [6, 6.07) is 23.9. The van der Waals surface area contributed by atoms with Crippen molar-refractivity contribution in [1.82, 2.24) is 5.32 Å². The van der Waals surface area contributed by atoms with E-state index in [1.54, 1.807) is 19.9 Å². The number of rotatable bonds is 13. The fraction of sp³-hybridized carbons (Fsp3) is 0.400. The van der Waals surface area contributed by atoms with Gasteiger partial charge < -0.3 is 23.5 Å². The van der Waals surface area contributed by atoms with E-state index in [9.17, 15) is 9.36 Å². The molecule has 0 unspecified atom stereocenters. The van der Waals surface area contributed by atoms with Crippen molar-refractivity contribution in [3.63, 3.8) is 0 Å². The fourth-order valence-electron chi connectivity index (χ4n) is 5.05. The number of amides is 1. The molecule has 0 spiro atoms. The fourth-order valence-corrected chi connectivity index (χ4v) is 7.46. The predicted octanol–water partition coefficient (Wildman–Crippen LogP) is 9.30. The first-order valence-electron chi connectivity index (χ1n) is 15.3. The third kappa shape index (κ3) is 8.30. The molecule has 1 atom stereocenters. The van der Waals surface area contributed by atoms with Crippen LogP contribution in [0.3, 0.4) is 0 Å². The van der Waals surface area contributed by atoms with Gasteiger partial charge in [-0.25, -0.2) is 4.79 Å². The van der Waals surface area contributed by atoms with Crippen LogP contribution in [-0.2, 0) is 24.8 Å². The smallest absolute Gasteiger partial charge is 0.407 e. The van der Waals surface area contributed by atoms with Crippen LogP contribution in [0.25, 0.3) is 11.1 Å². The third-order valence-electron chi connectivity index (χ3n) is 8.32. The van der Waals surface area contributed by atoms with Gasteiger partial charge in [0, 0.05) is 11.7 Å². The summed E-state index contributed by atoms with van der Waals surface area (Å²) in [5.74, 6) is 2.21. The summed E-state index contributed by atoms with van der Waals surface area (Å²) in [5.41, 5.74) is 5.60. The van der Waals surface area contributed by atoms with Crippen LogP contribution in [0.4, 0.5) is 4.79 Å². The molecular weight excluding hydrogens is 589 g/mol. The van der Waals surface area contributed by atoms with Crippen molar-refractivity contribution in [2.24, 2.45) is 0 Å². The Morgan fingerprint density at radius 2 is 1.45 bits per heavy atom. The zero-order valence-corrected chi connectivity index (χ0v) is 28.9. The molecule has 1 aliphatic rings. The molecule has 0 saturated heterocycles. The van der Waals surface area contributed by atoms with Crippen LogP contribution < -0.4 is 9.74 Å². The van der Waals surface area contributed by atoms with Crippen LogP contribution in [0.2, 0.25) is 18.1 Å². The standard InChI is InChI=1S/C35H46NO6PSi/c1-8-40-43(38,41-9-2)23-22-27(24-26-18-20-28(21-19-26)42-44(6,7)35(3,4)5)36-34(37)39-25-33-31-16-12-10-14-29(31)30-15-11-13-17-32(30)33/h10-23,27,33H,8-9,24-25H2,1-7H3,(H,36,37)/b23-22+/t27-/m0/s1. The lowest BCUT2D eigenvalue weighted by molar-refractivity contribution is 0.140. The Balaban J connectivity index is 1.49. The van der Waals surface area contributed by atoms with Crippen LogP contribution in [0.15, 0.2) is 84.7 Å². The lowest BCUT2D eigenvalue weighted by Gasteiger charge is -2.36. The largest absolute Gasteiger partial charge is 0.544 e. The molecule has 0 heterocycles. The van der Waals surface area contributed by atoms with Gasteiger partial charge in [-0.1, -0.05) is 87.5 Å². The molecule has 44 heavy (non-hydrogen) atoms. The van der Waals surface area contributed by atoms with E-state index in [2.05, 4.69) is 63.4 Å². The number of alkyl carbamates (subject to hydrolysis) is 1. The average Bonchev–Trinajstić information content (AvgIpc) is 3.29. The van der Waals surface area contributed by atoms with Gasteiger partial charge in [0.2, 0.25) is 8.32 Å². The highest BCUT2D eigenvalue weighted by atomic mass is 31.2. The minimum absolute atomic E-state index is 0.0493. The molecule has 0 fully saturated rings. The number of hydrogen-bond donors (Lipinski definition) is 1. The Morgan fingerprint density at radius 3 is 1.98 bits per heavy atom. The molecule has 0 aliphatic heterocycles. The van der Waals surface area contributed by atoms with Crippen molar-refractivity contribution in [2.45, 2.75) is 71.1 Å². The Hall–Kier alpha value is -3.16. The first-order chi connectivity index (χ1) is 20.9. The third-order valence-corrected chi connectivity index (χ3v) is 14.5. The number of benzene rings is 3. The average molecular weight is 636 g/mol.